The SMILES string of the molecule is CSCC(C)CNCC(O)COCC1CC1. The first kappa shape index (κ1) is 14.3. The maximum Gasteiger partial charge on any atom is 0.0897 e. The molecule has 4 heteroatoms. The van der Waals surface area contributed by atoms with Gasteiger partial charge in [-0.05, 0) is 43.2 Å². The van der Waals surface area contributed by atoms with Gasteiger partial charge < -0.3 is 15.2 Å². The molecule has 3 nitrogen and oxygen atoms in total. The summed E-state index contributed by atoms with van der Waals surface area (Å²) in [6.45, 7) is 5.14. The van der Waals surface area contributed by atoms with E-state index < -0.39 is 0 Å². The molecule has 2 unspecified atom stereocenters. The Morgan fingerprint density at radius 1 is 1.44 bits per heavy atom. The Hall–Kier alpha value is 0.230. The van der Waals surface area contributed by atoms with Crippen LogP contribution in [0.15, 0.2) is 0 Å². The van der Waals surface area contributed by atoms with E-state index in [0.29, 0.717) is 19.1 Å². The van der Waals surface area contributed by atoms with Crippen LogP contribution in [-0.2, 0) is 4.74 Å². The quantitative estimate of drug-likeness (QED) is 0.612. The van der Waals surface area contributed by atoms with Crippen LogP contribution in [0.25, 0.3) is 0 Å². The number of ether oxygens (including phenoxy) is 1. The lowest BCUT2D eigenvalue weighted by Gasteiger charge is -2.15. The van der Waals surface area contributed by atoms with Crippen molar-refractivity contribution in [3.63, 3.8) is 0 Å². The molecule has 1 saturated carbocycles. The van der Waals surface area contributed by atoms with Crippen molar-refractivity contribution in [2.75, 3.05) is 38.3 Å². The third-order valence-corrected chi connectivity index (χ3v) is 3.59. The van der Waals surface area contributed by atoms with Crippen molar-refractivity contribution in [2.45, 2.75) is 25.9 Å². The van der Waals surface area contributed by atoms with Gasteiger partial charge >= 0.3 is 0 Å². The molecule has 1 aliphatic rings. The third-order valence-electron chi connectivity index (χ3n) is 2.68. The summed E-state index contributed by atoms with van der Waals surface area (Å²) in [6.07, 6.45) is 4.37. The molecular weight excluding hydrogens is 222 g/mol. The lowest BCUT2D eigenvalue weighted by Crippen LogP contribution is -2.33. The fourth-order valence-corrected chi connectivity index (χ4v) is 2.24. The van der Waals surface area contributed by atoms with Crippen molar-refractivity contribution in [1.82, 2.24) is 5.32 Å². The van der Waals surface area contributed by atoms with Crippen LogP contribution in [0.3, 0.4) is 0 Å². The topological polar surface area (TPSA) is 41.5 Å². The van der Waals surface area contributed by atoms with E-state index in [1.54, 1.807) is 0 Å². The molecule has 1 fully saturated rings. The lowest BCUT2D eigenvalue weighted by molar-refractivity contribution is 0.0323. The predicted octanol–water partition coefficient (Wildman–Crippen LogP) is 1.36. The van der Waals surface area contributed by atoms with Crippen molar-refractivity contribution in [3.8, 4) is 0 Å². The number of aliphatic hydroxyl groups excluding tert-OH is 1. The fourth-order valence-electron chi connectivity index (χ4n) is 1.55. The van der Waals surface area contributed by atoms with Gasteiger partial charge in [0, 0.05) is 13.2 Å². The van der Waals surface area contributed by atoms with Crippen LogP contribution < -0.4 is 5.32 Å². The number of hydrogen-bond acceptors (Lipinski definition) is 4. The molecule has 0 radical (unpaired) electrons. The van der Waals surface area contributed by atoms with Gasteiger partial charge in [0.1, 0.15) is 0 Å². The van der Waals surface area contributed by atoms with Gasteiger partial charge in [0.05, 0.1) is 12.7 Å². The Kier molecular flexibility index (Phi) is 7.45. The van der Waals surface area contributed by atoms with Crippen molar-refractivity contribution in [2.24, 2.45) is 11.8 Å². The Balaban J connectivity index is 1.86. The minimum atomic E-state index is -0.361. The smallest absolute Gasteiger partial charge is 0.0897 e. The standard InChI is InChI=1S/C12H25NO2S/c1-10(9-16-2)5-13-6-12(14)8-15-7-11-3-4-11/h10-14H,3-9H2,1-2H3. The maximum atomic E-state index is 9.63. The van der Waals surface area contributed by atoms with Crippen molar-refractivity contribution < 1.29 is 9.84 Å². The van der Waals surface area contributed by atoms with Gasteiger partial charge in [0.2, 0.25) is 0 Å². The zero-order valence-electron chi connectivity index (χ0n) is 10.4. The highest BCUT2D eigenvalue weighted by molar-refractivity contribution is 7.98. The van der Waals surface area contributed by atoms with Crippen LogP contribution in [0.4, 0.5) is 0 Å². The van der Waals surface area contributed by atoms with E-state index in [0.717, 1.165) is 19.1 Å². The summed E-state index contributed by atoms with van der Waals surface area (Å²) in [4.78, 5) is 0. The Labute approximate surface area is 103 Å². The monoisotopic (exact) mass is 247 g/mol. The molecule has 0 aromatic carbocycles. The summed E-state index contributed by atoms with van der Waals surface area (Å²) in [5.74, 6) is 2.61. The first-order valence-electron chi connectivity index (χ1n) is 6.17. The molecule has 0 spiro atoms. The molecule has 0 saturated heterocycles. The molecular formula is C12H25NO2S. The van der Waals surface area contributed by atoms with Crippen molar-refractivity contribution >= 4 is 11.8 Å². The molecule has 2 N–H and O–H groups in total. The number of aliphatic hydroxyl groups is 1. The molecule has 0 aliphatic heterocycles. The first-order chi connectivity index (χ1) is 7.72. The molecule has 1 rings (SSSR count). The average Bonchev–Trinajstić information content (AvgIpc) is 3.02. The van der Waals surface area contributed by atoms with Gasteiger partial charge in [-0.25, -0.2) is 0 Å². The zero-order chi connectivity index (χ0) is 11.8. The number of rotatable bonds is 10. The number of hydrogen-bond donors (Lipinski definition) is 2. The highest BCUT2D eigenvalue weighted by Crippen LogP contribution is 2.28. The molecule has 1 aliphatic carbocycles. The Morgan fingerprint density at radius 3 is 2.81 bits per heavy atom. The Bertz CT molecular complexity index is 176. The third kappa shape index (κ3) is 7.49. The van der Waals surface area contributed by atoms with E-state index in [4.69, 9.17) is 4.74 Å². The predicted molar refractivity (Wildman–Crippen MR) is 70.0 cm³/mol. The minimum Gasteiger partial charge on any atom is -0.389 e. The summed E-state index contributed by atoms with van der Waals surface area (Å²) in [5.41, 5.74) is 0. The molecule has 2 atom stereocenters. The van der Waals surface area contributed by atoms with E-state index in [1.807, 2.05) is 11.8 Å². The summed E-state index contributed by atoms with van der Waals surface area (Å²) in [6, 6.07) is 0. The van der Waals surface area contributed by atoms with Crippen LogP contribution in [0.1, 0.15) is 19.8 Å². The van der Waals surface area contributed by atoms with Crippen LogP contribution in [0, 0.1) is 11.8 Å². The molecule has 0 aromatic heterocycles. The zero-order valence-corrected chi connectivity index (χ0v) is 11.3. The van der Waals surface area contributed by atoms with E-state index >= 15 is 0 Å². The molecule has 0 amide bonds. The van der Waals surface area contributed by atoms with Crippen molar-refractivity contribution in [1.29, 1.82) is 0 Å². The largest absolute Gasteiger partial charge is 0.389 e. The highest BCUT2D eigenvalue weighted by atomic mass is 32.2. The lowest BCUT2D eigenvalue weighted by atomic mass is 10.2. The maximum absolute atomic E-state index is 9.63. The van der Waals surface area contributed by atoms with E-state index in [-0.39, 0.29) is 6.10 Å². The van der Waals surface area contributed by atoms with E-state index in [2.05, 4.69) is 18.5 Å². The average molecular weight is 247 g/mol. The molecule has 0 bridgehead atoms. The van der Waals surface area contributed by atoms with Gasteiger partial charge in [0.25, 0.3) is 0 Å². The molecule has 16 heavy (non-hydrogen) atoms. The molecule has 0 aromatic rings. The second-order valence-electron chi connectivity index (χ2n) is 4.85. The molecule has 0 heterocycles. The summed E-state index contributed by atoms with van der Waals surface area (Å²) < 4.78 is 5.43. The van der Waals surface area contributed by atoms with Gasteiger partial charge in [0.15, 0.2) is 0 Å². The fraction of sp³-hybridized carbons (Fsp3) is 1.00. The van der Waals surface area contributed by atoms with E-state index in [1.165, 1.54) is 18.6 Å². The van der Waals surface area contributed by atoms with Crippen LogP contribution in [0.5, 0.6) is 0 Å². The Morgan fingerprint density at radius 2 is 2.19 bits per heavy atom. The molecule has 96 valence electrons. The second kappa shape index (κ2) is 8.34. The first-order valence-corrected chi connectivity index (χ1v) is 7.57. The van der Waals surface area contributed by atoms with Gasteiger partial charge in [-0.2, -0.15) is 11.8 Å². The van der Waals surface area contributed by atoms with Crippen molar-refractivity contribution in [3.05, 3.63) is 0 Å². The highest BCUT2D eigenvalue weighted by Gasteiger charge is 2.21. The number of thioether (sulfide) groups is 1. The summed E-state index contributed by atoms with van der Waals surface area (Å²) >= 11 is 1.87. The van der Waals surface area contributed by atoms with Gasteiger partial charge in [-0.3, -0.25) is 0 Å². The second-order valence-corrected chi connectivity index (χ2v) is 5.76. The van der Waals surface area contributed by atoms with Crippen LogP contribution >= 0.6 is 11.8 Å². The normalized spacial score (nSPS) is 19.7. The van der Waals surface area contributed by atoms with Crippen LogP contribution in [0.2, 0.25) is 0 Å². The number of nitrogens with one attached hydrogen (secondary N) is 1. The van der Waals surface area contributed by atoms with E-state index in [9.17, 15) is 5.11 Å². The summed E-state index contributed by atoms with van der Waals surface area (Å²) in [7, 11) is 0. The van der Waals surface area contributed by atoms with Gasteiger partial charge in [-0.15, -0.1) is 0 Å². The van der Waals surface area contributed by atoms with Gasteiger partial charge in [-0.1, -0.05) is 6.92 Å². The summed E-state index contributed by atoms with van der Waals surface area (Å²) in [5, 5.41) is 12.9. The van der Waals surface area contributed by atoms with Crippen LogP contribution in [-0.4, -0.2) is 49.5 Å². The minimum absolute atomic E-state index is 0.361.